The van der Waals surface area contributed by atoms with E-state index in [0.29, 0.717) is 6.07 Å². The van der Waals surface area contributed by atoms with Gasteiger partial charge in [-0.2, -0.15) is 0 Å². The molecule has 5 nitrogen and oxygen atoms in total. The van der Waals surface area contributed by atoms with Gasteiger partial charge in [-0.15, -0.1) is 12.4 Å². The molecule has 0 heterocycles. The first-order valence-corrected chi connectivity index (χ1v) is 3.86. The molecule has 0 fully saturated rings. The Labute approximate surface area is 91.3 Å². The van der Waals surface area contributed by atoms with Gasteiger partial charge in [0.15, 0.2) is 11.6 Å². The summed E-state index contributed by atoms with van der Waals surface area (Å²) < 4.78 is 13.0. The minimum atomic E-state index is -1.04. The van der Waals surface area contributed by atoms with Crippen molar-refractivity contribution in [3.63, 3.8) is 0 Å². The molecular formula is C8H10ClFN2O3. The van der Waals surface area contributed by atoms with Crippen LogP contribution in [0.25, 0.3) is 0 Å². The summed E-state index contributed by atoms with van der Waals surface area (Å²) in [6, 6.07) is 1.05. The molecule has 3 N–H and O–H groups in total. The molecule has 0 aliphatic rings. The molecule has 1 rings (SSSR count). The van der Waals surface area contributed by atoms with Gasteiger partial charge in [0.05, 0.1) is 11.0 Å². The van der Waals surface area contributed by atoms with Crippen molar-refractivity contribution < 1.29 is 14.4 Å². The summed E-state index contributed by atoms with van der Waals surface area (Å²) in [5, 5.41) is 19.6. The average molecular weight is 237 g/mol. The van der Waals surface area contributed by atoms with Crippen molar-refractivity contribution in [3.05, 3.63) is 33.6 Å². The van der Waals surface area contributed by atoms with Crippen LogP contribution in [-0.2, 0) is 0 Å². The summed E-state index contributed by atoms with van der Waals surface area (Å²) >= 11 is 0. The number of nitrogens with two attached hydrogens (primary N) is 1. The number of nitro groups is 1. The van der Waals surface area contributed by atoms with Crippen LogP contribution < -0.4 is 5.73 Å². The van der Waals surface area contributed by atoms with Gasteiger partial charge in [-0.3, -0.25) is 10.1 Å². The van der Waals surface area contributed by atoms with Gasteiger partial charge < -0.3 is 10.8 Å². The zero-order chi connectivity index (χ0) is 10.9. The first kappa shape index (κ1) is 13.6. The molecule has 1 aromatic rings. The summed E-state index contributed by atoms with van der Waals surface area (Å²) in [5.41, 5.74) is 5.00. The molecule has 0 aliphatic carbocycles. The van der Waals surface area contributed by atoms with E-state index in [1.807, 2.05) is 0 Å². The molecule has 0 unspecified atom stereocenters. The van der Waals surface area contributed by atoms with E-state index < -0.39 is 28.2 Å². The molecule has 0 spiro atoms. The maximum atomic E-state index is 13.0. The highest BCUT2D eigenvalue weighted by Gasteiger charge is 2.17. The number of hydrogen-bond acceptors (Lipinski definition) is 4. The van der Waals surface area contributed by atoms with Crippen LogP contribution in [0.4, 0.5) is 10.1 Å². The standard InChI is InChI=1S/C8H9FN2O3.ClH/c1-4(10)6-2-5(11(13)14)3-7(9)8(6)12;/h2-4,12H,10H2,1H3;1H/t4-;/m0./s1. The summed E-state index contributed by atoms with van der Waals surface area (Å²) in [7, 11) is 0. The molecule has 0 saturated heterocycles. The van der Waals surface area contributed by atoms with Crippen LogP contribution in [0.5, 0.6) is 5.75 Å². The molecule has 1 atom stereocenters. The number of phenolic OH excluding ortho intramolecular Hbond substituents is 1. The molecule has 84 valence electrons. The van der Waals surface area contributed by atoms with Gasteiger partial charge in [0.1, 0.15) is 0 Å². The largest absolute Gasteiger partial charge is 0.505 e. The Bertz CT molecular complexity index is 384. The van der Waals surface area contributed by atoms with E-state index in [9.17, 15) is 19.6 Å². The van der Waals surface area contributed by atoms with Gasteiger partial charge in [-0.05, 0) is 6.92 Å². The number of nitrogens with zero attached hydrogens (tertiary/aromatic N) is 1. The number of phenols is 1. The van der Waals surface area contributed by atoms with E-state index in [1.54, 1.807) is 0 Å². The number of benzene rings is 1. The zero-order valence-corrected chi connectivity index (χ0v) is 8.62. The lowest BCUT2D eigenvalue weighted by molar-refractivity contribution is -0.385. The summed E-state index contributed by atoms with van der Waals surface area (Å²) in [5.74, 6) is -1.67. The monoisotopic (exact) mass is 236 g/mol. The molecular weight excluding hydrogens is 227 g/mol. The van der Waals surface area contributed by atoms with Crippen LogP contribution in [0.3, 0.4) is 0 Å². The number of hydrogen-bond donors (Lipinski definition) is 2. The highest BCUT2D eigenvalue weighted by molar-refractivity contribution is 5.85. The van der Waals surface area contributed by atoms with Crippen molar-refractivity contribution in [1.29, 1.82) is 0 Å². The number of halogens is 2. The van der Waals surface area contributed by atoms with Gasteiger partial charge in [0, 0.05) is 17.7 Å². The number of rotatable bonds is 2. The lowest BCUT2D eigenvalue weighted by atomic mass is 10.1. The second kappa shape index (κ2) is 4.90. The van der Waals surface area contributed by atoms with E-state index in [-0.39, 0.29) is 18.0 Å². The molecule has 1 aromatic carbocycles. The Hall–Kier alpha value is -1.40. The second-order valence-corrected chi connectivity index (χ2v) is 2.91. The van der Waals surface area contributed by atoms with Crippen LogP contribution >= 0.6 is 12.4 Å². The molecule has 15 heavy (non-hydrogen) atoms. The lowest BCUT2D eigenvalue weighted by Gasteiger charge is -2.08. The third-order valence-electron chi connectivity index (χ3n) is 1.78. The van der Waals surface area contributed by atoms with Gasteiger partial charge in [0.2, 0.25) is 0 Å². The Morgan fingerprint density at radius 3 is 2.53 bits per heavy atom. The van der Waals surface area contributed by atoms with Gasteiger partial charge >= 0.3 is 0 Å². The Kier molecular flexibility index (Phi) is 4.44. The van der Waals surface area contributed by atoms with E-state index in [2.05, 4.69) is 0 Å². The van der Waals surface area contributed by atoms with Crippen LogP contribution in [0.1, 0.15) is 18.5 Å². The average Bonchev–Trinajstić information content (AvgIpc) is 2.08. The normalized spacial score (nSPS) is 11.7. The Morgan fingerprint density at radius 2 is 2.13 bits per heavy atom. The predicted octanol–water partition coefficient (Wildman–Crippen LogP) is 1.88. The number of aromatic hydroxyl groups is 1. The minimum Gasteiger partial charge on any atom is -0.505 e. The SMILES string of the molecule is C[C@H](N)c1cc([N+](=O)[O-])cc(F)c1O.Cl. The van der Waals surface area contributed by atoms with E-state index >= 15 is 0 Å². The highest BCUT2D eigenvalue weighted by Crippen LogP contribution is 2.30. The summed E-state index contributed by atoms with van der Waals surface area (Å²) in [6.45, 7) is 1.50. The Balaban J connectivity index is 0.00000196. The highest BCUT2D eigenvalue weighted by atomic mass is 35.5. The number of nitro benzene ring substituents is 1. The second-order valence-electron chi connectivity index (χ2n) is 2.91. The third kappa shape index (κ3) is 2.77. The third-order valence-corrected chi connectivity index (χ3v) is 1.78. The number of non-ortho nitro benzene ring substituents is 1. The maximum Gasteiger partial charge on any atom is 0.272 e. The van der Waals surface area contributed by atoms with Gasteiger partial charge in [-0.1, -0.05) is 0 Å². The smallest absolute Gasteiger partial charge is 0.272 e. The molecule has 0 amide bonds. The summed E-state index contributed by atoms with van der Waals surface area (Å²) in [6.07, 6.45) is 0. The fraction of sp³-hybridized carbons (Fsp3) is 0.250. The molecule has 0 radical (unpaired) electrons. The van der Waals surface area contributed by atoms with Crippen molar-refractivity contribution in [1.82, 2.24) is 0 Å². The maximum absolute atomic E-state index is 13.0. The van der Waals surface area contributed by atoms with Crippen LogP contribution in [0.15, 0.2) is 12.1 Å². The fourth-order valence-electron chi connectivity index (χ4n) is 1.06. The van der Waals surface area contributed by atoms with E-state index in [1.165, 1.54) is 6.92 Å². The molecule has 0 bridgehead atoms. The first-order valence-electron chi connectivity index (χ1n) is 3.86. The zero-order valence-electron chi connectivity index (χ0n) is 7.81. The van der Waals surface area contributed by atoms with Gasteiger partial charge in [0.25, 0.3) is 5.69 Å². The first-order chi connectivity index (χ1) is 6.43. The topological polar surface area (TPSA) is 89.4 Å². The molecule has 0 saturated carbocycles. The van der Waals surface area contributed by atoms with Crippen molar-refractivity contribution in [2.24, 2.45) is 5.73 Å². The van der Waals surface area contributed by atoms with E-state index in [4.69, 9.17) is 5.73 Å². The van der Waals surface area contributed by atoms with E-state index in [0.717, 1.165) is 6.07 Å². The van der Waals surface area contributed by atoms with Gasteiger partial charge in [-0.25, -0.2) is 4.39 Å². The quantitative estimate of drug-likeness (QED) is 0.606. The lowest BCUT2D eigenvalue weighted by Crippen LogP contribution is -2.06. The van der Waals surface area contributed by atoms with Crippen LogP contribution in [-0.4, -0.2) is 10.0 Å². The fourth-order valence-corrected chi connectivity index (χ4v) is 1.06. The van der Waals surface area contributed by atoms with Crippen molar-refractivity contribution in [2.75, 3.05) is 0 Å². The van der Waals surface area contributed by atoms with Crippen molar-refractivity contribution in [2.45, 2.75) is 13.0 Å². The van der Waals surface area contributed by atoms with Crippen LogP contribution in [0.2, 0.25) is 0 Å². The molecule has 0 aliphatic heterocycles. The minimum absolute atomic E-state index is 0. The Morgan fingerprint density at radius 1 is 1.60 bits per heavy atom. The molecule has 0 aromatic heterocycles. The predicted molar refractivity (Wildman–Crippen MR) is 54.6 cm³/mol. The van der Waals surface area contributed by atoms with Crippen molar-refractivity contribution in [3.8, 4) is 5.75 Å². The van der Waals surface area contributed by atoms with Crippen LogP contribution in [0, 0.1) is 15.9 Å². The molecule has 7 heteroatoms. The summed E-state index contributed by atoms with van der Waals surface area (Å²) in [4.78, 5) is 9.61. The van der Waals surface area contributed by atoms with Crippen molar-refractivity contribution >= 4 is 18.1 Å².